The average molecular weight is 290 g/mol. The second-order valence-electron chi connectivity index (χ2n) is 3.68. The molecule has 0 atom stereocenters. The monoisotopic (exact) mass is 290 g/mol. The molecule has 1 aromatic heterocycles. The van der Waals surface area contributed by atoms with Crippen molar-refractivity contribution in [3.63, 3.8) is 0 Å². The summed E-state index contributed by atoms with van der Waals surface area (Å²) >= 11 is 0. The van der Waals surface area contributed by atoms with Crippen molar-refractivity contribution in [3.05, 3.63) is 67.0 Å². The Labute approximate surface area is 126 Å². The van der Waals surface area contributed by atoms with Gasteiger partial charge in [0.1, 0.15) is 5.76 Å². The van der Waals surface area contributed by atoms with Gasteiger partial charge < -0.3 is 10.1 Å². The Hall–Kier alpha value is -2.36. The molecular weight excluding hydrogens is 267 g/mol. The summed E-state index contributed by atoms with van der Waals surface area (Å²) in [5.74, 6) is 0.481. The van der Waals surface area contributed by atoms with Gasteiger partial charge in [-0.15, -0.1) is 0 Å². The molecule has 0 saturated carbocycles. The lowest BCUT2D eigenvalue weighted by Gasteiger charge is -2.07. The lowest BCUT2D eigenvalue weighted by atomic mass is 10.1. The first-order valence-electron chi connectivity index (χ1n) is 6.68. The Morgan fingerprint density at radius 2 is 2.10 bits per heavy atom. The van der Waals surface area contributed by atoms with Gasteiger partial charge in [0.2, 0.25) is 0 Å². The molecule has 1 N–H and O–H groups in total. The smallest absolute Gasteiger partial charge is 0.118 e. The van der Waals surface area contributed by atoms with Gasteiger partial charge in [0, 0.05) is 18.8 Å². The van der Waals surface area contributed by atoms with E-state index >= 15 is 0 Å². The Balaban J connectivity index is 0.00000191. The maximum Gasteiger partial charge on any atom is 0.118 e. The van der Waals surface area contributed by atoms with E-state index in [4.69, 9.17) is 4.74 Å². The predicted molar refractivity (Wildman–Crippen MR) is 88.1 cm³/mol. The molecule has 1 aromatic rings. The molecule has 4 heteroatoms. The molecular formula is C17H23FN2O. The summed E-state index contributed by atoms with van der Waals surface area (Å²) in [5.41, 5.74) is 2.38. The molecule has 3 nitrogen and oxygen atoms in total. The van der Waals surface area contributed by atoms with E-state index in [1.807, 2.05) is 13.8 Å². The molecule has 0 unspecified atom stereocenters. The SMILES string of the molecule is C=C/C(=C\C(=C/F)c1ccnc(C(=C)NC)c1)OC.CC. The number of pyridine rings is 1. The molecule has 0 amide bonds. The number of rotatable bonds is 6. The van der Waals surface area contributed by atoms with Crippen LogP contribution in [-0.4, -0.2) is 19.1 Å². The van der Waals surface area contributed by atoms with E-state index in [-0.39, 0.29) is 0 Å². The van der Waals surface area contributed by atoms with Crippen LogP contribution in [0.5, 0.6) is 0 Å². The van der Waals surface area contributed by atoms with Crippen LogP contribution < -0.4 is 5.32 Å². The van der Waals surface area contributed by atoms with Crippen molar-refractivity contribution in [2.75, 3.05) is 14.2 Å². The second kappa shape index (κ2) is 10.4. The highest BCUT2D eigenvalue weighted by Gasteiger charge is 2.05. The number of methoxy groups -OCH3 is 1. The minimum absolute atomic E-state index is 0.379. The van der Waals surface area contributed by atoms with E-state index in [1.165, 1.54) is 13.2 Å². The van der Waals surface area contributed by atoms with Crippen LogP contribution in [0.4, 0.5) is 4.39 Å². The van der Waals surface area contributed by atoms with Crippen molar-refractivity contribution >= 4 is 11.3 Å². The Morgan fingerprint density at radius 3 is 2.57 bits per heavy atom. The van der Waals surface area contributed by atoms with Gasteiger partial charge in [0.25, 0.3) is 0 Å². The van der Waals surface area contributed by atoms with Gasteiger partial charge in [-0.05, 0) is 29.8 Å². The number of hydrogen-bond acceptors (Lipinski definition) is 3. The minimum Gasteiger partial charge on any atom is -0.497 e. The van der Waals surface area contributed by atoms with Crippen molar-refractivity contribution < 1.29 is 9.13 Å². The number of allylic oxidation sites excluding steroid dienone is 3. The lowest BCUT2D eigenvalue weighted by molar-refractivity contribution is 0.307. The zero-order valence-electron chi connectivity index (χ0n) is 13.1. The van der Waals surface area contributed by atoms with Crippen LogP contribution >= 0.6 is 0 Å². The van der Waals surface area contributed by atoms with E-state index in [9.17, 15) is 4.39 Å². The van der Waals surface area contributed by atoms with Gasteiger partial charge in [-0.1, -0.05) is 27.0 Å². The first-order chi connectivity index (χ1) is 10.2. The number of nitrogens with one attached hydrogen (secondary N) is 1. The zero-order chi connectivity index (χ0) is 16.3. The third kappa shape index (κ3) is 5.65. The fourth-order valence-corrected chi connectivity index (χ4v) is 1.44. The van der Waals surface area contributed by atoms with Crippen LogP contribution in [0.3, 0.4) is 0 Å². The fourth-order valence-electron chi connectivity index (χ4n) is 1.44. The van der Waals surface area contributed by atoms with Crippen molar-refractivity contribution in [1.82, 2.24) is 10.3 Å². The fraction of sp³-hybridized carbons (Fsp3) is 0.235. The van der Waals surface area contributed by atoms with Crippen LogP contribution in [0.2, 0.25) is 0 Å². The molecule has 0 aromatic carbocycles. The molecule has 1 rings (SSSR count). The molecule has 0 aliphatic rings. The van der Waals surface area contributed by atoms with Crippen LogP contribution in [0.15, 0.2) is 55.7 Å². The Bertz CT molecular complexity index is 533. The van der Waals surface area contributed by atoms with Crippen molar-refractivity contribution in [3.8, 4) is 0 Å². The number of ether oxygens (including phenoxy) is 1. The van der Waals surface area contributed by atoms with Gasteiger partial charge in [-0.2, -0.15) is 0 Å². The Morgan fingerprint density at radius 1 is 1.43 bits per heavy atom. The van der Waals surface area contributed by atoms with Crippen molar-refractivity contribution in [2.24, 2.45) is 0 Å². The molecule has 0 fully saturated rings. The number of nitrogens with zero attached hydrogens (tertiary/aromatic N) is 1. The zero-order valence-corrected chi connectivity index (χ0v) is 13.1. The van der Waals surface area contributed by atoms with Crippen LogP contribution in [0.25, 0.3) is 11.3 Å². The average Bonchev–Trinajstić information content (AvgIpc) is 2.57. The third-order valence-corrected chi connectivity index (χ3v) is 2.56. The molecule has 21 heavy (non-hydrogen) atoms. The molecule has 0 aliphatic carbocycles. The van der Waals surface area contributed by atoms with Crippen LogP contribution in [-0.2, 0) is 4.74 Å². The summed E-state index contributed by atoms with van der Waals surface area (Å²) in [4.78, 5) is 4.16. The summed E-state index contributed by atoms with van der Waals surface area (Å²) in [6.45, 7) is 11.4. The van der Waals surface area contributed by atoms with E-state index in [0.717, 1.165) is 0 Å². The predicted octanol–water partition coefficient (Wildman–Crippen LogP) is 4.32. The third-order valence-electron chi connectivity index (χ3n) is 2.56. The normalized spacial score (nSPS) is 11.1. The molecule has 114 valence electrons. The summed E-state index contributed by atoms with van der Waals surface area (Å²) in [5, 5.41) is 2.90. The quantitative estimate of drug-likeness (QED) is 0.625. The summed E-state index contributed by atoms with van der Waals surface area (Å²) in [6, 6.07) is 3.46. The highest BCUT2D eigenvalue weighted by molar-refractivity contribution is 5.75. The number of hydrogen-bond donors (Lipinski definition) is 1. The molecule has 0 bridgehead atoms. The largest absolute Gasteiger partial charge is 0.497 e. The van der Waals surface area contributed by atoms with E-state index < -0.39 is 0 Å². The van der Waals surface area contributed by atoms with Gasteiger partial charge in [-0.3, -0.25) is 4.98 Å². The van der Waals surface area contributed by atoms with Gasteiger partial charge in [0.05, 0.1) is 24.8 Å². The molecule has 0 aliphatic heterocycles. The van der Waals surface area contributed by atoms with E-state index in [1.54, 1.807) is 31.5 Å². The van der Waals surface area contributed by atoms with Crippen LogP contribution in [0.1, 0.15) is 25.1 Å². The number of halogens is 1. The standard InChI is InChI=1S/C15H17FN2O.C2H6/c1-5-14(19-4)8-13(10-16)12-6-7-18-15(9-12)11(2)17-3;1-2/h5-10,17H,1-2H2,3-4H3;1-2H3/b13-10+,14-8+;. The van der Waals surface area contributed by atoms with Crippen LogP contribution in [0, 0.1) is 0 Å². The molecule has 0 radical (unpaired) electrons. The summed E-state index contributed by atoms with van der Waals surface area (Å²) in [6.07, 6.45) is 5.20. The van der Waals surface area contributed by atoms with Gasteiger partial charge in [0.15, 0.2) is 0 Å². The van der Waals surface area contributed by atoms with Gasteiger partial charge >= 0.3 is 0 Å². The molecule has 0 saturated heterocycles. The second-order valence-corrected chi connectivity index (χ2v) is 3.68. The maximum atomic E-state index is 13.0. The molecule has 0 spiro atoms. The first-order valence-corrected chi connectivity index (χ1v) is 6.68. The number of aromatic nitrogens is 1. The first kappa shape index (κ1) is 18.6. The van der Waals surface area contributed by atoms with Crippen molar-refractivity contribution in [1.29, 1.82) is 0 Å². The van der Waals surface area contributed by atoms with Crippen molar-refractivity contribution in [2.45, 2.75) is 13.8 Å². The van der Waals surface area contributed by atoms with Gasteiger partial charge in [-0.25, -0.2) is 4.39 Å². The van der Waals surface area contributed by atoms with E-state index in [2.05, 4.69) is 23.5 Å². The Kier molecular flexibility index (Phi) is 9.26. The summed E-state index contributed by atoms with van der Waals surface area (Å²) < 4.78 is 18.1. The van der Waals surface area contributed by atoms with E-state index in [0.29, 0.717) is 34.6 Å². The summed E-state index contributed by atoms with van der Waals surface area (Å²) in [7, 11) is 3.26. The lowest BCUT2D eigenvalue weighted by Crippen LogP contribution is -2.04. The highest BCUT2D eigenvalue weighted by atomic mass is 19.1. The molecule has 1 heterocycles. The highest BCUT2D eigenvalue weighted by Crippen LogP contribution is 2.20. The minimum atomic E-state index is 0.379. The topological polar surface area (TPSA) is 34.2 Å². The maximum absolute atomic E-state index is 13.0.